The van der Waals surface area contributed by atoms with E-state index < -0.39 is 5.79 Å². The molecular weight excluding hydrogens is 282 g/mol. The van der Waals surface area contributed by atoms with Crippen molar-refractivity contribution >= 4 is 17.3 Å². The number of methoxy groups -OCH3 is 2. The van der Waals surface area contributed by atoms with Gasteiger partial charge < -0.3 is 24.3 Å². The van der Waals surface area contributed by atoms with E-state index in [1.54, 1.807) is 26.4 Å². The Morgan fingerprint density at radius 2 is 1.70 bits per heavy atom. The number of halogens is 1. The van der Waals surface area contributed by atoms with Gasteiger partial charge in [-0.05, 0) is 13.8 Å². The average Bonchev–Trinajstić information content (AvgIpc) is 2.42. The number of hydrogen-bond acceptors (Lipinski definition) is 5. The Balaban J connectivity index is 2.10. The lowest BCUT2D eigenvalue weighted by Crippen LogP contribution is -2.45. The minimum absolute atomic E-state index is 0.0404. The fraction of sp³-hybridized carbons (Fsp3) is 0.571. The zero-order valence-electron chi connectivity index (χ0n) is 12.2. The monoisotopic (exact) mass is 301 g/mol. The highest BCUT2D eigenvalue weighted by Crippen LogP contribution is 2.36. The van der Waals surface area contributed by atoms with Gasteiger partial charge in [0.1, 0.15) is 0 Å². The molecule has 0 radical (unpaired) electrons. The van der Waals surface area contributed by atoms with Crippen LogP contribution in [0, 0.1) is 0 Å². The molecule has 0 saturated carbocycles. The summed E-state index contributed by atoms with van der Waals surface area (Å²) in [5, 5.41) is 3.86. The van der Waals surface area contributed by atoms with Crippen LogP contribution in [0.1, 0.15) is 13.8 Å². The van der Waals surface area contributed by atoms with Crippen molar-refractivity contribution < 1.29 is 18.9 Å². The van der Waals surface area contributed by atoms with E-state index in [0.29, 0.717) is 29.7 Å². The zero-order valence-corrected chi connectivity index (χ0v) is 12.9. The number of anilines is 1. The number of nitrogens with one attached hydrogen (secondary N) is 1. The highest BCUT2D eigenvalue weighted by molar-refractivity contribution is 6.33. The molecule has 112 valence electrons. The second kappa shape index (κ2) is 6.08. The van der Waals surface area contributed by atoms with Crippen LogP contribution in [0.2, 0.25) is 5.02 Å². The smallest absolute Gasteiger partial charge is 0.162 e. The van der Waals surface area contributed by atoms with Gasteiger partial charge in [-0.2, -0.15) is 0 Å². The van der Waals surface area contributed by atoms with Crippen molar-refractivity contribution in [2.45, 2.75) is 25.7 Å². The van der Waals surface area contributed by atoms with Crippen LogP contribution in [0.25, 0.3) is 0 Å². The molecule has 1 fully saturated rings. The Kier molecular flexibility index (Phi) is 4.62. The zero-order chi connectivity index (χ0) is 14.8. The molecule has 1 aliphatic heterocycles. The minimum Gasteiger partial charge on any atom is -0.493 e. The van der Waals surface area contributed by atoms with Crippen LogP contribution >= 0.6 is 11.6 Å². The Morgan fingerprint density at radius 1 is 1.15 bits per heavy atom. The molecule has 2 rings (SSSR count). The second-order valence-electron chi connectivity index (χ2n) is 5.05. The summed E-state index contributed by atoms with van der Waals surface area (Å²) in [6.45, 7) is 4.90. The van der Waals surface area contributed by atoms with E-state index in [2.05, 4.69) is 5.32 Å². The molecule has 0 amide bonds. The van der Waals surface area contributed by atoms with E-state index in [1.807, 2.05) is 13.8 Å². The standard InChI is InChI=1S/C14H20ClNO4/c1-14(2)19-7-9(8-20-14)16-11-6-13(18-4)12(17-3)5-10(11)15/h5-6,9,16H,7-8H2,1-4H3. The molecule has 20 heavy (non-hydrogen) atoms. The van der Waals surface area contributed by atoms with Gasteiger partial charge in [0.15, 0.2) is 17.3 Å². The molecule has 5 nitrogen and oxygen atoms in total. The third kappa shape index (κ3) is 3.48. The van der Waals surface area contributed by atoms with Gasteiger partial charge in [0.25, 0.3) is 0 Å². The lowest BCUT2D eigenvalue weighted by atomic mass is 10.2. The number of hydrogen-bond donors (Lipinski definition) is 1. The van der Waals surface area contributed by atoms with Crippen molar-refractivity contribution in [3.05, 3.63) is 17.2 Å². The SMILES string of the molecule is COc1cc(Cl)c(NC2COC(C)(C)OC2)cc1OC. The van der Waals surface area contributed by atoms with E-state index in [-0.39, 0.29) is 6.04 Å². The molecule has 0 aliphatic carbocycles. The van der Waals surface area contributed by atoms with Crippen LogP contribution in [0.5, 0.6) is 11.5 Å². The fourth-order valence-electron chi connectivity index (χ4n) is 1.96. The maximum atomic E-state index is 6.23. The summed E-state index contributed by atoms with van der Waals surface area (Å²) in [7, 11) is 3.16. The molecule has 0 aromatic heterocycles. The van der Waals surface area contributed by atoms with Crippen LogP contribution in [-0.4, -0.2) is 39.3 Å². The summed E-state index contributed by atoms with van der Waals surface area (Å²) < 4.78 is 21.7. The second-order valence-corrected chi connectivity index (χ2v) is 5.46. The van der Waals surface area contributed by atoms with E-state index in [1.165, 1.54) is 0 Å². The van der Waals surface area contributed by atoms with Gasteiger partial charge in [0.2, 0.25) is 0 Å². The Labute approximate surface area is 124 Å². The molecule has 6 heteroatoms. The highest BCUT2D eigenvalue weighted by atomic mass is 35.5. The van der Waals surface area contributed by atoms with Gasteiger partial charge in [-0.1, -0.05) is 11.6 Å². The van der Waals surface area contributed by atoms with Crippen LogP contribution in [-0.2, 0) is 9.47 Å². The number of benzene rings is 1. The van der Waals surface area contributed by atoms with Crippen molar-refractivity contribution in [1.82, 2.24) is 0 Å². The lowest BCUT2D eigenvalue weighted by Gasteiger charge is -2.35. The summed E-state index contributed by atoms with van der Waals surface area (Å²) in [6, 6.07) is 3.57. The maximum Gasteiger partial charge on any atom is 0.162 e. The molecule has 1 aromatic carbocycles. The molecule has 1 aliphatic rings. The summed E-state index contributed by atoms with van der Waals surface area (Å²) in [4.78, 5) is 0. The Morgan fingerprint density at radius 3 is 2.25 bits per heavy atom. The van der Waals surface area contributed by atoms with Gasteiger partial charge in [-0.15, -0.1) is 0 Å². The molecule has 1 heterocycles. The van der Waals surface area contributed by atoms with E-state index >= 15 is 0 Å². The van der Waals surface area contributed by atoms with E-state index in [0.717, 1.165) is 5.69 Å². The van der Waals surface area contributed by atoms with Crippen molar-refractivity contribution in [2.24, 2.45) is 0 Å². The minimum atomic E-state index is -0.528. The van der Waals surface area contributed by atoms with Gasteiger partial charge in [0.05, 0.1) is 44.2 Å². The normalized spacial score (nSPS) is 18.6. The molecular formula is C14H20ClNO4. The summed E-state index contributed by atoms with van der Waals surface area (Å²) in [5.74, 6) is 0.692. The van der Waals surface area contributed by atoms with Gasteiger partial charge in [0, 0.05) is 12.1 Å². The van der Waals surface area contributed by atoms with Crippen molar-refractivity contribution in [1.29, 1.82) is 0 Å². The number of ether oxygens (including phenoxy) is 4. The van der Waals surface area contributed by atoms with Crippen molar-refractivity contribution in [3.63, 3.8) is 0 Å². The average molecular weight is 302 g/mol. The Bertz CT molecular complexity index is 468. The first-order valence-corrected chi connectivity index (χ1v) is 6.79. The van der Waals surface area contributed by atoms with Gasteiger partial charge >= 0.3 is 0 Å². The predicted molar refractivity (Wildman–Crippen MR) is 77.9 cm³/mol. The van der Waals surface area contributed by atoms with Gasteiger partial charge in [-0.3, -0.25) is 0 Å². The van der Waals surface area contributed by atoms with E-state index in [9.17, 15) is 0 Å². The van der Waals surface area contributed by atoms with Crippen LogP contribution in [0.3, 0.4) is 0 Å². The van der Waals surface area contributed by atoms with Crippen LogP contribution in [0.4, 0.5) is 5.69 Å². The first kappa shape index (κ1) is 15.2. The largest absolute Gasteiger partial charge is 0.493 e. The molecule has 1 saturated heterocycles. The summed E-state index contributed by atoms with van der Waals surface area (Å²) in [6.07, 6.45) is 0. The lowest BCUT2D eigenvalue weighted by molar-refractivity contribution is -0.247. The molecule has 0 spiro atoms. The molecule has 0 unspecified atom stereocenters. The third-order valence-corrected chi connectivity index (χ3v) is 3.41. The molecule has 0 atom stereocenters. The van der Waals surface area contributed by atoms with Crippen molar-refractivity contribution in [2.75, 3.05) is 32.8 Å². The fourth-order valence-corrected chi connectivity index (χ4v) is 2.17. The van der Waals surface area contributed by atoms with Crippen molar-refractivity contribution in [3.8, 4) is 11.5 Å². The van der Waals surface area contributed by atoms with Crippen LogP contribution < -0.4 is 14.8 Å². The molecule has 1 N–H and O–H groups in total. The quantitative estimate of drug-likeness (QED) is 0.926. The summed E-state index contributed by atoms with van der Waals surface area (Å²) in [5.41, 5.74) is 0.765. The predicted octanol–water partition coefficient (Wildman–Crippen LogP) is 2.92. The maximum absolute atomic E-state index is 6.23. The van der Waals surface area contributed by atoms with Gasteiger partial charge in [-0.25, -0.2) is 0 Å². The highest BCUT2D eigenvalue weighted by Gasteiger charge is 2.28. The molecule has 0 bridgehead atoms. The van der Waals surface area contributed by atoms with E-state index in [4.69, 9.17) is 30.5 Å². The van der Waals surface area contributed by atoms with Crippen LogP contribution in [0.15, 0.2) is 12.1 Å². The first-order chi connectivity index (χ1) is 9.45. The molecule has 1 aromatic rings. The third-order valence-electron chi connectivity index (χ3n) is 3.10. The topological polar surface area (TPSA) is 49.0 Å². The first-order valence-electron chi connectivity index (χ1n) is 6.41. The Hall–Kier alpha value is -1.17. The summed E-state index contributed by atoms with van der Waals surface area (Å²) >= 11 is 6.23. The number of rotatable bonds is 4.